The fraction of sp³-hybridized carbons (Fsp3) is 0.200. The molecular formula is C20H17N3O4. The van der Waals surface area contributed by atoms with E-state index in [-0.39, 0.29) is 11.5 Å². The number of esters is 1. The van der Waals surface area contributed by atoms with Crippen LogP contribution in [0.5, 0.6) is 0 Å². The van der Waals surface area contributed by atoms with E-state index in [1.165, 1.54) is 0 Å². The molecule has 3 rings (SSSR count). The lowest BCUT2D eigenvalue weighted by Gasteiger charge is -2.18. The first-order valence-electron chi connectivity index (χ1n) is 8.45. The summed E-state index contributed by atoms with van der Waals surface area (Å²) in [4.78, 5) is 37.9. The predicted molar refractivity (Wildman–Crippen MR) is 98.1 cm³/mol. The fourth-order valence-corrected chi connectivity index (χ4v) is 2.82. The highest BCUT2D eigenvalue weighted by Gasteiger charge is 2.26. The van der Waals surface area contributed by atoms with Crippen LogP contribution < -0.4 is 10.2 Å². The Balaban J connectivity index is 1.61. The molecule has 1 heterocycles. The van der Waals surface area contributed by atoms with Crippen molar-refractivity contribution in [3.63, 3.8) is 0 Å². The molecule has 0 aliphatic carbocycles. The van der Waals surface area contributed by atoms with Crippen molar-refractivity contribution in [1.29, 1.82) is 5.26 Å². The summed E-state index contributed by atoms with van der Waals surface area (Å²) in [6.45, 7) is 0.101. The van der Waals surface area contributed by atoms with Crippen molar-refractivity contribution >= 4 is 29.2 Å². The Morgan fingerprint density at radius 1 is 1.15 bits per heavy atom. The van der Waals surface area contributed by atoms with Crippen LogP contribution in [0.2, 0.25) is 0 Å². The van der Waals surface area contributed by atoms with Crippen LogP contribution in [0, 0.1) is 11.3 Å². The lowest BCUT2D eigenvalue weighted by molar-refractivity contribution is -0.119. The first-order chi connectivity index (χ1) is 13.1. The molecule has 2 aromatic carbocycles. The minimum Gasteiger partial charge on any atom is -0.452 e. The van der Waals surface area contributed by atoms with Crippen LogP contribution in [0.4, 0.5) is 11.4 Å². The molecule has 2 amide bonds. The quantitative estimate of drug-likeness (QED) is 0.823. The normalized spacial score (nSPS) is 13.1. The van der Waals surface area contributed by atoms with Gasteiger partial charge in [0.2, 0.25) is 5.91 Å². The number of nitriles is 1. The second-order valence-corrected chi connectivity index (χ2v) is 5.98. The van der Waals surface area contributed by atoms with Gasteiger partial charge in [-0.05, 0) is 42.8 Å². The molecule has 0 bridgehead atoms. The third kappa shape index (κ3) is 4.30. The smallest absolute Gasteiger partial charge is 0.340 e. The monoisotopic (exact) mass is 363 g/mol. The number of para-hydroxylation sites is 1. The van der Waals surface area contributed by atoms with Crippen LogP contribution >= 0.6 is 0 Å². The van der Waals surface area contributed by atoms with Gasteiger partial charge in [0.15, 0.2) is 6.61 Å². The Morgan fingerprint density at radius 3 is 2.56 bits per heavy atom. The number of nitrogens with zero attached hydrogens (tertiary/aromatic N) is 2. The Bertz CT molecular complexity index is 916. The highest BCUT2D eigenvalue weighted by molar-refractivity contribution is 6.04. The number of carbonyl (C=O) groups excluding carboxylic acids is 3. The van der Waals surface area contributed by atoms with E-state index in [0.29, 0.717) is 29.9 Å². The van der Waals surface area contributed by atoms with Crippen molar-refractivity contribution in [3.05, 3.63) is 59.7 Å². The fourth-order valence-electron chi connectivity index (χ4n) is 2.82. The van der Waals surface area contributed by atoms with Crippen molar-refractivity contribution in [1.82, 2.24) is 0 Å². The number of ether oxygens (including phenoxy) is 1. The predicted octanol–water partition coefficient (Wildman–Crippen LogP) is 2.48. The molecule has 7 nitrogen and oxygen atoms in total. The van der Waals surface area contributed by atoms with Crippen LogP contribution in [0.1, 0.15) is 28.8 Å². The summed E-state index contributed by atoms with van der Waals surface area (Å²) in [6.07, 6.45) is 1.20. The first kappa shape index (κ1) is 18.1. The molecule has 1 aliphatic rings. The lowest BCUT2D eigenvalue weighted by Crippen LogP contribution is -2.27. The molecule has 1 aliphatic heterocycles. The average molecular weight is 363 g/mol. The van der Waals surface area contributed by atoms with Gasteiger partial charge in [-0.25, -0.2) is 4.79 Å². The van der Waals surface area contributed by atoms with Crippen molar-refractivity contribution < 1.29 is 19.1 Å². The Morgan fingerprint density at radius 2 is 1.89 bits per heavy atom. The van der Waals surface area contributed by atoms with Crippen LogP contribution in [-0.2, 0) is 14.3 Å². The van der Waals surface area contributed by atoms with Crippen LogP contribution in [0.3, 0.4) is 0 Å². The number of hydrogen-bond acceptors (Lipinski definition) is 5. The molecule has 1 fully saturated rings. The van der Waals surface area contributed by atoms with E-state index in [0.717, 1.165) is 6.42 Å². The molecule has 0 atom stereocenters. The van der Waals surface area contributed by atoms with Gasteiger partial charge in [-0.3, -0.25) is 9.59 Å². The highest BCUT2D eigenvalue weighted by Crippen LogP contribution is 2.26. The molecule has 0 aromatic heterocycles. The maximum absolute atomic E-state index is 12.4. The summed E-state index contributed by atoms with van der Waals surface area (Å²) in [5.41, 5.74) is 1.72. The van der Waals surface area contributed by atoms with Crippen LogP contribution in [-0.4, -0.2) is 30.9 Å². The van der Waals surface area contributed by atoms with E-state index in [1.807, 2.05) is 6.07 Å². The van der Waals surface area contributed by atoms with E-state index in [1.54, 1.807) is 53.4 Å². The van der Waals surface area contributed by atoms with Crippen molar-refractivity contribution in [3.8, 4) is 6.07 Å². The molecule has 0 unspecified atom stereocenters. The second-order valence-electron chi connectivity index (χ2n) is 5.98. The number of nitrogens with one attached hydrogen (secondary N) is 1. The number of amides is 2. The average Bonchev–Trinajstić information content (AvgIpc) is 3.12. The topological polar surface area (TPSA) is 99.5 Å². The number of benzene rings is 2. The molecule has 0 radical (unpaired) electrons. The summed E-state index contributed by atoms with van der Waals surface area (Å²) >= 11 is 0. The number of anilines is 2. The standard InChI is InChI=1S/C20H17N3O4/c21-12-14-7-9-15(10-8-14)22-18(24)13-27-20(26)16-4-1-2-5-17(16)23-11-3-6-19(23)25/h1-2,4-5,7-10H,3,6,11,13H2,(H,22,24). The molecule has 1 N–H and O–H groups in total. The third-order valence-corrected chi connectivity index (χ3v) is 4.12. The van der Waals surface area contributed by atoms with E-state index in [4.69, 9.17) is 10.00 Å². The minimum atomic E-state index is -0.666. The van der Waals surface area contributed by atoms with E-state index in [9.17, 15) is 14.4 Å². The summed E-state index contributed by atoms with van der Waals surface area (Å²) in [5, 5.41) is 11.3. The van der Waals surface area contributed by atoms with E-state index < -0.39 is 18.5 Å². The maximum atomic E-state index is 12.4. The van der Waals surface area contributed by atoms with Gasteiger partial charge in [0, 0.05) is 18.7 Å². The van der Waals surface area contributed by atoms with Gasteiger partial charge in [-0.1, -0.05) is 12.1 Å². The molecule has 7 heteroatoms. The SMILES string of the molecule is N#Cc1ccc(NC(=O)COC(=O)c2ccccc2N2CCCC2=O)cc1. The maximum Gasteiger partial charge on any atom is 0.340 e. The molecule has 1 saturated heterocycles. The van der Waals surface area contributed by atoms with Crippen molar-refractivity contribution in [2.45, 2.75) is 12.8 Å². The van der Waals surface area contributed by atoms with Crippen LogP contribution in [0.25, 0.3) is 0 Å². The Hall–Kier alpha value is -3.66. The molecule has 2 aromatic rings. The van der Waals surface area contributed by atoms with Crippen molar-refractivity contribution in [2.75, 3.05) is 23.4 Å². The van der Waals surface area contributed by atoms with Gasteiger partial charge >= 0.3 is 5.97 Å². The van der Waals surface area contributed by atoms with E-state index >= 15 is 0 Å². The van der Waals surface area contributed by atoms with Gasteiger partial charge in [-0.15, -0.1) is 0 Å². The zero-order valence-electron chi connectivity index (χ0n) is 14.5. The summed E-state index contributed by atoms with van der Waals surface area (Å²) < 4.78 is 5.10. The number of carbonyl (C=O) groups is 3. The molecule has 0 saturated carbocycles. The molecule has 27 heavy (non-hydrogen) atoms. The first-order valence-corrected chi connectivity index (χ1v) is 8.45. The zero-order chi connectivity index (χ0) is 19.2. The third-order valence-electron chi connectivity index (χ3n) is 4.12. The summed E-state index contributed by atoms with van der Waals surface area (Å²) in [6, 6.07) is 15.0. The zero-order valence-corrected chi connectivity index (χ0v) is 14.5. The molecule has 136 valence electrons. The van der Waals surface area contributed by atoms with Crippen molar-refractivity contribution in [2.24, 2.45) is 0 Å². The van der Waals surface area contributed by atoms with Gasteiger partial charge in [0.05, 0.1) is 22.9 Å². The Labute approximate surface area is 156 Å². The lowest BCUT2D eigenvalue weighted by atomic mass is 10.1. The number of rotatable bonds is 5. The molecular weight excluding hydrogens is 346 g/mol. The number of hydrogen-bond donors (Lipinski definition) is 1. The summed E-state index contributed by atoms with van der Waals surface area (Å²) in [5.74, 6) is -1.20. The molecule has 0 spiro atoms. The Kier molecular flexibility index (Phi) is 5.47. The van der Waals surface area contributed by atoms with E-state index in [2.05, 4.69) is 5.32 Å². The second kappa shape index (κ2) is 8.15. The van der Waals surface area contributed by atoms with Gasteiger partial charge in [-0.2, -0.15) is 5.26 Å². The largest absolute Gasteiger partial charge is 0.452 e. The van der Waals surface area contributed by atoms with Crippen LogP contribution in [0.15, 0.2) is 48.5 Å². The van der Waals surface area contributed by atoms with Gasteiger partial charge < -0.3 is 15.0 Å². The minimum absolute atomic E-state index is 0.0335. The van der Waals surface area contributed by atoms with Gasteiger partial charge in [0.25, 0.3) is 5.91 Å². The summed E-state index contributed by atoms with van der Waals surface area (Å²) in [7, 11) is 0. The van der Waals surface area contributed by atoms with Gasteiger partial charge in [0.1, 0.15) is 0 Å². The highest BCUT2D eigenvalue weighted by atomic mass is 16.5.